The quantitative estimate of drug-likeness (QED) is 0.0149. The largest absolute Gasteiger partial charge is 0.459 e. The number of aliphatic hydroxyl groups is 2. The number of nitrogens with two attached hydrogens (primary N) is 1. The van der Waals surface area contributed by atoms with Crippen LogP contribution < -0.4 is 74.9 Å². The van der Waals surface area contributed by atoms with Gasteiger partial charge in [-0.2, -0.15) is 0 Å². The van der Waals surface area contributed by atoms with E-state index in [1.807, 2.05) is 51.1 Å². The van der Waals surface area contributed by atoms with Crippen LogP contribution in [0.15, 0.2) is 30.3 Å². The van der Waals surface area contributed by atoms with Gasteiger partial charge in [0.05, 0.1) is 19.3 Å². The summed E-state index contributed by atoms with van der Waals surface area (Å²) in [4.78, 5) is 152. The molecule has 1 unspecified atom stereocenters. The fourth-order valence-electron chi connectivity index (χ4n) is 9.76. The Balaban J connectivity index is 2.39. The van der Waals surface area contributed by atoms with Crippen LogP contribution in [0, 0.1) is 29.1 Å². The number of likely N-dealkylation sites (N-methyl/N-ethyl adjacent to an activating group) is 1. The third kappa shape index (κ3) is 25.4. The summed E-state index contributed by atoms with van der Waals surface area (Å²) < 4.78 is 5.89. The minimum absolute atomic E-state index is 0.159. The number of ether oxygens (including phenoxy) is 1. The van der Waals surface area contributed by atoms with E-state index in [9.17, 15) is 63.0 Å². The second-order valence-electron chi connectivity index (χ2n) is 23.5. The van der Waals surface area contributed by atoms with Crippen molar-refractivity contribution in [1.29, 1.82) is 5.41 Å². The molecule has 1 heterocycles. The van der Waals surface area contributed by atoms with Crippen LogP contribution in [-0.4, -0.2) is 194 Å². The van der Waals surface area contributed by atoms with Crippen LogP contribution in [0.4, 0.5) is 0 Å². The summed E-state index contributed by atoms with van der Waals surface area (Å²) in [6, 6.07) is -5.36. The molecule has 90 heavy (non-hydrogen) atoms. The monoisotopic (exact) mass is 1270 g/mol. The molecule has 0 bridgehead atoms. The first kappa shape index (κ1) is 78.6. The fraction of sp³-hybridized carbons (Fsp3) is 0.705. The number of carbonyl (C=O) groups excluding carboxylic acids is 11. The number of esters is 1. The lowest BCUT2D eigenvalue weighted by molar-refractivity contribution is -0.156. The van der Waals surface area contributed by atoms with Crippen LogP contribution in [0.1, 0.15) is 140 Å². The maximum atomic E-state index is 14.4. The molecule has 0 aliphatic carbocycles. The Morgan fingerprint density at radius 2 is 1.12 bits per heavy atom. The third-order valence-corrected chi connectivity index (χ3v) is 16.7. The molecular weight excluding hydrogens is 1170 g/mol. The molecule has 18 N–H and O–H groups in total. The highest BCUT2D eigenvalue weighted by atomic mass is 16.5. The number of benzene rings is 1. The molecule has 29 nitrogen and oxygen atoms in total. The highest BCUT2D eigenvalue weighted by Gasteiger charge is 2.41. The highest BCUT2D eigenvalue weighted by molar-refractivity contribution is 5.99. The predicted molar refractivity (Wildman–Crippen MR) is 337 cm³/mol. The Morgan fingerprint density at radius 3 is 1.61 bits per heavy atom. The molecule has 1 aliphatic rings. The average molecular weight is 1270 g/mol. The van der Waals surface area contributed by atoms with Gasteiger partial charge < -0.3 is 84.5 Å². The molecular formula is C61H105N15O14. The van der Waals surface area contributed by atoms with Gasteiger partial charge in [-0.1, -0.05) is 111 Å². The number of amides is 10. The van der Waals surface area contributed by atoms with Crippen molar-refractivity contribution < 1.29 is 67.7 Å². The zero-order chi connectivity index (χ0) is 67.9. The molecule has 1 saturated heterocycles. The smallest absolute Gasteiger partial charge is 0.323 e. The minimum Gasteiger partial charge on any atom is -0.459 e. The molecule has 0 aromatic heterocycles. The van der Waals surface area contributed by atoms with Crippen molar-refractivity contribution in [1.82, 2.24) is 69.1 Å². The molecule has 1 fully saturated rings. The van der Waals surface area contributed by atoms with Crippen molar-refractivity contribution in [2.45, 2.75) is 219 Å². The summed E-state index contributed by atoms with van der Waals surface area (Å²) in [5.41, 5.74) is 6.33. The molecule has 508 valence electrons. The first-order valence-corrected chi connectivity index (χ1v) is 31.5. The summed E-state index contributed by atoms with van der Waals surface area (Å²) >= 11 is 0. The van der Waals surface area contributed by atoms with Gasteiger partial charge in [0.15, 0.2) is 5.96 Å². The summed E-state index contributed by atoms with van der Waals surface area (Å²) in [6.07, 6.45) is 1.35. The van der Waals surface area contributed by atoms with Crippen molar-refractivity contribution >= 4 is 71.0 Å². The zero-order valence-corrected chi connectivity index (χ0v) is 54.8. The number of guanidine groups is 1. The Labute approximate surface area is 529 Å². The van der Waals surface area contributed by atoms with Crippen molar-refractivity contribution in [2.75, 3.05) is 33.9 Å². The number of nitrogens with one attached hydrogen (secondary N) is 14. The lowest BCUT2D eigenvalue weighted by atomic mass is 9.94. The SMILES string of the molecule is CC[C@H](C)[C@H](NC(=O)[C@@H](Cc1ccccc1)NC)C(=O)N[C@@H](CO)C(=O)N[C@H](CCC(N)=O)C(=O)N[C@@H](C(=O)N[C@H](C(=O)N[C@@H](CO)C(=O)N[C@H]1C(=O)N[C@@H](C)C(=O)N[C@@H](CCCCNC(=N)NC)C(C)N[C@@H]([C@@H](C)CC)C(=O)O[C@H]1C)[C@@H](C)CC)[C@@H](C)CC. The molecule has 0 radical (unpaired) electrons. The van der Waals surface area contributed by atoms with E-state index >= 15 is 0 Å². The number of hydrogen-bond acceptors (Lipinski definition) is 17. The van der Waals surface area contributed by atoms with E-state index in [0.29, 0.717) is 45.1 Å². The van der Waals surface area contributed by atoms with Crippen LogP contribution in [-0.2, 0) is 63.9 Å². The second-order valence-corrected chi connectivity index (χ2v) is 23.5. The molecule has 10 amide bonds. The van der Waals surface area contributed by atoms with E-state index in [-0.39, 0.29) is 24.7 Å². The first-order chi connectivity index (χ1) is 42.6. The molecule has 0 spiro atoms. The van der Waals surface area contributed by atoms with Gasteiger partial charge in [-0.25, -0.2) is 0 Å². The first-order valence-electron chi connectivity index (χ1n) is 31.5. The number of hydrogen-bond donors (Lipinski definition) is 17. The van der Waals surface area contributed by atoms with Crippen molar-refractivity contribution in [3.8, 4) is 0 Å². The van der Waals surface area contributed by atoms with E-state index < -0.39 is 187 Å². The lowest BCUT2D eigenvalue weighted by Crippen LogP contribution is -2.63. The van der Waals surface area contributed by atoms with Crippen LogP contribution >= 0.6 is 0 Å². The fourth-order valence-corrected chi connectivity index (χ4v) is 9.76. The third-order valence-electron chi connectivity index (χ3n) is 16.7. The van der Waals surface area contributed by atoms with E-state index in [4.69, 9.17) is 15.9 Å². The number of cyclic esters (lactones) is 1. The summed E-state index contributed by atoms with van der Waals surface area (Å²) in [5, 5.41) is 64.2. The summed E-state index contributed by atoms with van der Waals surface area (Å²) in [7, 11) is 3.22. The number of aliphatic hydroxyl groups excluding tert-OH is 2. The van der Waals surface area contributed by atoms with Gasteiger partial charge in [0.1, 0.15) is 60.5 Å². The van der Waals surface area contributed by atoms with Crippen molar-refractivity contribution in [3.63, 3.8) is 0 Å². The number of primary amides is 1. The molecule has 29 heteroatoms. The van der Waals surface area contributed by atoms with Crippen LogP contribution in [0.5, 0.6) is 0 Å². The van der Waals surface area contributed by atoms with Crippen LogP contribution in [0.2, 0.25) is 0 Å². The minimum atomic E-state index is -1.78. The summed E-state index contributed by atoms with van der Waals surface area (Å²) in [5.74, 6) is -11.3. The van der Waals surface area contributed by atoms with Crippen molar-refractivity contribution in [3.05, 3.63) is 35.9 Å². The summed E-state index contributed by atoms with van der Waals surface area (Å²) in [6.45, 7) is 17.1. The molecule has 0 saturated carbocycles. The Bertz CT molecular complexity index is 2530. The van der Waals surface area contributed by atoms with E-state index in [1.165, 1.54) is 13.8 Å². The van der Waals surface area contributed by atoms with Gasteiger partial charge in [-0.05, 0) is 89.2 Å². The standard InChI is InChI=1S/C61H105N15O14/c1-14-32(5)46(74-53(82)42(64-12)29-39-23-19-18-20-24-39)56(85)71-43(30-77)54(83)70-41(26-27-45(62)79)52(81)73-48(34(7)16-3)58(87)75-47(33(6)15-2)57(86)72-44(31-78)55(84)76-50-38(11)90-60(89)49(35(8)17-4)67-36(9)40(25-21-22-28-66-61(63)65-13)69-51(80)37(10)68-59(50)88/h18-20,23-24,32-38,40-44,46-50,64,67,77-78H,14-17,21-22,25-31H2,1-13H3,(H2,62,79)(H,68,88)(H,69,80)(H,70,83)(H,71,85)(H,72,86)(H,73,81)(H,74,82)(H,75,87)(H,76,84)(H3,63,65,66)/t32-,33-,34-,35-,36?,37-,38-,40-,41+,42+,43-,44-,46-,47-,48+,49-,50+/m0/s1. The Kier molecular flexibility index (Phi) is 35.2. The van der Waals surface area contributed by atoms with Gasteiger partial charge in [0.2, 0.25) is 59.1 Å². The van der Waals surface area contributed by atoms with E-state index in [0.717, 1.165) is 5.56 Å². The second kappa shape index (κ2) is 40.3. The maximum absolute atomic E-state index is 14.4. The van der Waals surface area contributed by atoms with Gasteiger partial charge in [-0.15, -0.1) is 0 Å². The number of carbonyl (C=O) groups is 11. The number of rotatable bonds is 35. The van der Waals surface area contributed by atoms with Crippen LogP contribution in [0.25, 0.3) is 0 Å². The Hall–Kier alpha value is -7.50. The molecule has 1 aromatic rings. The van der Waals surface area contributed by atoms with Gasteiger partial charge >= 0.3 is 5.97 Å². The van der Waals surface area contributed by atoms with Crippen molar-refractivity contribution in [2.24, 2.45) is 29.4 Å². The highest BCUT2D eigenvalue weighted by Crippen LogP contribution is 2.18. The average Bonchev–Trinajstić information content (AvgIpc) is 1.81. The van der Waals surface area contributed by atoms with Crippen LogP contribution in [0.3, 0.4) is 0 Å². The predicted octanol–water partition coefficient (Wildman–Crippen LogP) is -2.16. The zero-order valence-electron chi connectivity index (χ0n) is 54.8. The lowest BCUT2D eigenvalue weighted by Gasteiger charge is -2.32. The van der Waals surface area contributed by atoms with Gasteiger partial charge in [0, 0.05) is 32.1 Å². The van der Waals surface area contributed by atoms with Gasteiger partial charge in [0.25, 0.3) is 0 Å². The molecule has 1 aromatic carbocycles. The topological polar surface area (TPSA) is 444 Å². The number of unbranched alkanes of at least 4 members (excludes halogenated alkanes) is 1. The normalized spacial score (nSPS) is 21.7. The molecule has 2 rings (SSSR count). The van der Waals surface area contributed by atoms with E-state index in [1.54, 1.807) is 55.6 Å². The molecule has 17 atom stereocenters. The Morgan fingerprint density at radius 1 is 0.633 bits per heavy atom. The molecule has 1 aliphatic heterocycles. The maximum Gasteiger partial charge on any atom is 0.323 e. The van der Waals surface area contributed by atoms with E-state index in [2.05, 4.69) is 69.1 Å². The van der Waals surface area contributed by atoms with Gasteiger partial charge in [-0.3, -0.25) is 63.5 Å².